The Morgan fingerprint density at radius 3 is 2.67 bits per heavy atom. The Labute approximate surface area is 138 Å². The zero-order chi connectivity index (χ0) is 17.2. The van der Waals surface area contributed by atoms with Crippen molar-refractivity contribution < 1.29 is 17.6 Å². The first-order valence-corrected chi connectivity index (χ1v) is 8.45. The van der Waals surface area contributed by atoms with E-state index in [1.165, 1.54) is 36.9 Å². The number of hydrogen-bond acceptors (Lipinski definition) is 6. The molecule has 0 radical (unpaired) electrons. The number of amides is 1. The standard InChI is InChI=1S/C15H14N4O4S/c1-11-2-4-12(5-3-11)24(21,22)19-8-6-13(18-19)15(20)17-10-14-16-7-9-23-14/h2-9H,10H2,1H3,(H,17,20). The van der Waals surface area contributed by atoms with Crippen molar-refractivity contribution in [3.05, 3.63) is 66.1 Å². The molecule has 0 bridgehead atoms. The highest BCUT2D eigenvalue weighted by molar-refractivity contribution is 7.89. The zero-order valence-corrected chi connectivity index (χ0v) is 13.5. The van der Waals surface area contributed by atoms with Gasteiger partial charge in [0.1, 0.15) is 6.26 Å². The zero-order valence-electron chi connectivity index (χ0n) is 12.7. The number of aromatic nitrogens is 3. The molecule has 1 amide bonds. The third-order valence-electron chi connectivity index (χ3n) is 3.25. The molecule has 24 heavy (non-hydrogen) atoms. The van der Waals surface area contributed by atoms with E-state index in [4.69, 9.17) is 4.42 Å². The van der Waals surface area contributed by atoms with E-state index in [9.17, 15) is 13.2 Å². The minimum absolute atomic E-state index is 0.0164. The van der Waals surface area contributed by atoms with Crippen molar-refractivity contribution in [3.63, 3.8) is 0 Å². The van der Waals surface area contributed by atoms with Crippen LogP contribution in [0.25, 0.3) is 0 Å². The van der Waals surface area contributed by atoms with Gasteiger partial charge in [0.2, 0.25) is 5.89 Å². The van der Waals surface area contributed by atoms with Crippen LogP contribution in [0.1, 0.15) is 21.9 Å². The highest BCUT2D eigenvalue weighted by atomic mass is 32.2. The fraction of sp³-hybridized carbons (Fsp3) is 0.133. The Morgan fingerprint density at radius 1 is 1.25 bits per heavy atom. The fourth-order valence-electron chi connectivity index (χ4n) is 1.97. The summed E-state index contributed by atoms with van der Waals surface area (Å²) in [6.45, 7) is 1.95. The molecule has 9 heteroatoms. The van der Waals surface area contributed by atoms with E-state index in [0.717, 1.165) is 9.65 Å². The van der Waals surface area contributed by atoms with Crippen LogP contribution in [0.3, 0.4) is 0 Å². The summed E-state index contributed by atoms with van der Waals surface area (Å²) in [5.74, 6) is -0.180. The van der Waals surface area contributed by atoms with Crippen LogP contribution in [0.2, 0.25) is 0 Å². The lowest BCUT2D eigenvalue weighted by molar-refractivity contribution is 0.0942. The number of carbonyl (C=O) groups excluding carboxylic acids is 1. The van der Waals surface area contributed by atoms with Crippen molar-refractivity contribution in [2.45, 2.75) is 18.4 Å². The van der Waals surface area contributed by atoms with Crippen molar-refractivity contribution in [3.8, 4) is 0 Å². The van der Waals surface area contributed by atoms with Crippen molar-refractivity contribution in [2.75, 3.05) is 0 Å². The lowest BCUT2D eigenvalue weighted by atomic mass is 10.2. The quantitative estimate of drug-likeness (QED) is 0.747. The summed E-state index contributed by atoms with van der Waals surface area (Å²) in [6, 6.07) is 7.71. The molecular weight excluding hydrogens is 332 g/mol. The van der Waals surface area contributed by atoms with Gasteiger partial charge in [-0.25, -0.2) is 4.98 Å². The Bertz CT molecular complexity index is 944. The molecule has 124 valence electrons. The van der Waals surface area contributed by atoms with E-state index < -0.39 is 15.9 Å². The molecule has 0 spiro atoms. The topological polar surface area (TPSA) is 107 Å². The summed E-state index contributed by atoms with van der Waals surface area (Å²) in [4.78, 5) is 16.0. The molecule has 0 saturated carbocycles. The van der Waals surface area contributed by atoms with Crippen molar-refractivity contribution in [2.24, 2.45) is 0 Å². The van der Waals surface area contributed by atoms with E-state index in [1.54, 1.807) is 12.1 Å². The molecule has 0 saturated heterocycles. The molecule has 0 fully saturated rings. The number of rotatable bonds is 5. The molecule has 8 nitrogen and oxygen atoms in total. The maximum Gasteiger partial charge on any atom is 0.282 e. The summed E-state index contributed by atoms with van der Waals surface area (Å²) < 4.78 is 30.7. The lowest BCUT2D eigenvalue weighted by Crippen LogP contribution is -2.24. The SMILES string of the molecule is Cc1ccc(S(=O)(=O)n2ccc(C(=O)NCc3ncco3)n2)cc1. The van der Waals surface area contributed by atoms with Crippen LogP contribution in [0.4, 0.5) is 0 Å². The van der Waals surface area contributed by atoms with Gasteiger partial charge < -0.3 is 9.73 Å². The molecule has 3 rings (SSSR count). The number of oxazole rings is 1. The van der Waals surface area contributed by atoms with Crippen LogP contribution in [0, 0.1) is 6.92 Å². The third kappa shape index (κ3) is 3.20. The van der Waals surface area contributed by atoms with Gasteiger partial charge in [0.15, 0.2) is 5.69 Å². The molecule has 0 unspecified atom stereocenters. The molecule has 0 atom stereocenters. The second kappa shape index (κ2) is 6.28. The first-order valence-electron chi connectivity index (χ1n) is 7.01. The Balaban J connectivity index is 1.77. The number of hydrogen-bond donors (Lipinski definition) is 1. The maximum absolute atomic E-state index is 12.5. The number of aryl methyl sites for hydroxylation is 1. The predicted molar refractivity (Wildman–Crippen MR) is 83.7 cm³/mol. The molecule has 2 heterocycles. The Hall–Kier alpha value is -2.94. The largest absolute Gasteiger partial charge is 0.447 e. The van der Waals surface area contributed by atoms with E-state index in [-0.39, 0.29) is 17.1 Å². The van der Waals surface area contributed by atoms with E-state index in [0.29, 0.717) is 5.89 Å². The third-order valence-corrected chi connectivity index (χ3v) is 4.81. The average molecular weight is 346 g/mol. The second-order valence-electron chi connectivity index (χ2n) is 5.00. The number of nitrogens with one attached hydrogen (secondary N) is 1. The molecular formula is C15H14N4O4S. The van der Waals surface area contributed by atoms with E-state index in [2.05, 4.69) is 15.4 Å². The van der Waals surface area contributed by atoms with Crippen molar-refractivity contribution in [1.29, 1.82) is 0 Å². The summed E-state index contributed by atoms with van der Waals surface area (Å²) in [7, 11) is -3.83. The Kier molecular flexibility index (Phi) is 4.17. The maximum atomic E-state index is 12.5. The molecule has 2 aromatic heterocycles. The fourth-order valence-corrected chi connectivity index (χ4v) is 3.08. The smallest absolute Gasteiger partial charge is 0.282 e. The summed E-state index contributed by atoms with van der Waals surface area (Å²) in [6.07, 6.45) is 4.09. The Morgan fingerprint density at radius 2 is 2.00 bits per heavy atom. The molecule has 0 aliphatic rings. The van der Waals surface area contributed by atoms with E-state index in [1.807, 2.05) is 6.92 Å². The van der Waals surface area contributed by atoms with Gasteiger partial charge in [-0.2, -0.15) is 17.6 Å². The van der Waals surface area contributed by atoms with Crippen LogP contribution < -0.4 is 5.32 Å². The van der Waals surface area contributed by atoms with Crippen molar-refractivity contribution in [1.82, 2.24) is 19.5 Å². The van der Waals surface area contributed by atoms with Gasteiger partial charge in [0.05, 0.1) is 17.6 Å². The van der Waals surface area contributed by atoms with Crippen LogP contribution >= 0.6 is 0 Å². The highest BCUT2D eigenvalue weighted by Crippen LogP contribution is 2.14. The minimum atomic E-state index is -3.83. The number of nitrogens with zero attached hydrogens (tertiary/aromatic N) is 3. The number of carbonyl (C=O) groups is 1. The molecule has 0 aliphatic heterocycles. The van der Waals surface area contributed by atoms with Gasteiger partial charge >= 0.3 is 0 Å². The van der Waals surface area contributed by atoms with E-state index >= 15 is 0 Å². The summed E-state index contributed by atoms with van der Waals surface area (Å²) >= 11 is 0. The molecule has 0 aliphatic carbocycles. The number of benzene rings is 1. The molecule has 1 aromatic carbocycles. The molecule has 1 N–H and O–H groups in total. The first-order chi connectivity index (χ1) is 11.5. The normalized spacial score (nSPS) is 11.4. The van der Waals surface area contributed by atoms with Crippen LogP contribution in [0.5, 0.6) is 0 Å². The molecule has 3 aromatic rings. The lowest BCUT2D eigenvalue weighted by Gasteiger charge is -2.04. The van der Waals surface area contributed by atoms with Crippen LogP contribution in [-0.2, 0) is 16.6 Å². The summed E-state index contributed by atoms with van der Waals surface area (Å²) in [5.41, 5.74) is 0.929. The van der Waals surface area contributed by atoms with Crippen LogP contribution in [-0.4, -0.2) is 28.5 Å². The predicted octanol–water partition coefficient (Wildman–Crippen LogP) is 1.35. The van der Waals surface area contributed by atoms with Crippen molar-refractivity contribution >= 4 is 15.9 Å². The second-order valence-corrected chi connectivity index (χ2v) is 6.80. The minimum Gasteiger partial charge on any atom is -0.447 e. The average Bonchev–Trinajstić information content (AvgIpc) is 3.25. The monoisotopic (exact) mass is 346 g/mol. The van der Waals surface area contributed by atoms with Gasteiger partial charge in [-0.15, -0.1) is 0 Å². The van der Waals surface area contributed by atoms with Gasteiger partial charge in [-0.1, -0.05) is 17.7 Å². The summed E-state index contributed by atoms with van der Waals surface area (Å²) in [5, 5.41) is 6.39. The van der Waals surface area contributed by atoms with Crippen LogP contribution in [0.15, 0.2) is 58.3 Å². The van der Waals surface area contributed by atoms with Gasteiger partial charge in [-0.05, 0) is 25.1 Å². The van der Waals surface area contributed by atoms with Gasteiger partial charge in [0, 0.05) is 6.20 Å². The first kappa shape index (κ1) is 15.9. The van der Waals surface area contributed by atoms with Gasteiger partial charge in [0.25, 0.3) is 15.9 Å². The highest BCUT2D eigenvalue weighted by Gasteiger charge is 2.20. The van der Waals surface area contributed by atoms with Gasteiger partial charge in [-0.3, -0.25) is 4.79 Å².